The summed E-state index contributed by atoms with van der Waals surface area (Å²) < 4.78 is 50.5. The van der Waals surface area contributed by atoms with Crippen molar-refractivity contribution in [1.29, 1.82) is 0 Å². The Kier molecular flexibility index (Phi) is 3.26. The molecule has 2 rings (SSSR count). The van der Waals surface area contributed by atoms with Crippen LogP contribution in [0.4, 0.5) is 23.2 Å². The third kappa shape index (κ3) is 2.90. The highest BCUT2D eigenvalue weighted by atomic mass is 19.4. The third-order valence-electron chi connectivity index (χ3n) is 3.00. The van der Waals surface area contributed by atoms with Crippen LogP contribution in [0.3, 0.4) is 0 Å². The van der Waals surface area contributed by atoms with E-state index in [9.17, 15) is 17.6 Å². The van der Waals surface area contributed by atoms with Crippen LogP contribution in [0.5, 0.6) is 0 Å². The Bertz CT molecular complexity index is 394. The number of halogens is 4. The van der Waals surface area contributed by atoms with E-state index in [0.717, 1.165) is 37.8 Å². The molecule has 17 heavy (non-hydrogen) atoms. The Morgan fingerprint density at radius 1 is 1.12 bits per heavy atom. The van der Waals surface area contributed by atoms with Gasteiger partial charge in [-0.3, -0.25) is 0 Å². The summed E-state index contributed by atoms with van der Waals surface area (Å²) in [6, 6.07) is 3.26. The summed E-state index contributed by atoms with van der Waals surface area (Å²) in [6.07, 6.45) is -0.551. The molecular weight excluding hydrogens is 234 g/mol. The SMILES string of the molecule is Fc1ccc(NC2CCCC2)cc1C(F)(F)F. The molecule has 94 valence electrons. The maximum Gasteiger partial charge on any atom is 0.419 e. The Morgan fingerprint density at radius 3 is 2.35 bits per heavy atom. The van der Waals surface area contributed by atoms with Crippen LogP contribution in [-0.4, -0.2) is 6.04 Å². The van der Waals surface area contributed by atoms with Gasteiger partial charge in [-0.25, -0.2) is 4.39 Å². The average Bonchev–Trinajstić information content (AvgIpc) is 2.72. The molecule has 1 fully saturated rings. The van der Waals surface area contributed by atoms with Crippen LogP contribution in [0.15, 0.2) is 18.2 Å². The molecule has 1 aromatic carbocycles. The Labute approximate surface area is 96.8 Å². The zero-order valence-electron chi connectivity index (χ0n) is 9.15. The first-order valence-electron chi connectivity index (χ1n) is 5.60. The number of hydrogen-bond acceptors (Lipinski definition) is 1. The van der Waals surface area contributed by atoms with Gasteiger partial charge >= 0.3 is 6.18 Å². The normalized spacial score (nSPS) is 17.4. The van der Waals surface area contributed by atoms with Crippen LogP contribution in [0.2, 0.25) is 0 Å². The second-order valence-corrected chi connectivity index (χ2v) is 4.32. The van der Waals surface area contributed by atoms with Crippen molar-refractivity contribution >= 4 is 5.69 Å². The predicted octanol–water partition coefficient (Wildman–Crippen LogP) is 4.20. The number of alkyl halides is 3. The van der Waals surface area contributed by atoms with Crippen LogP contribution in [0.1, 0.15) is 31.2 Å². The van der Waals surface area contributed by atoms with Crippen LogP contribution in [-0.2, 0) is 6.18 Å². The second kappa shape index (κ2) is 4.55. The zero-order valence-corrected chi connectivity index (χ0v) is 9.15. The smallest absolute Gasteiger partial charge is 0.382 e. The van der Waals surface area contributed by atoms with Gasteiger partial charge in [0.25, 0.3) is 0 Å². The van der Waals surface area contributed by atoms with Crippen LogP contribution >= 0.6 is 0 Å². The van der Waals surface area contributed by atoms with E-state index < -0.39 is 17.6 Å². The van der Waals surface area contributed by atoms with Gasteiger partial charge in [-0.05, 0) is 31.0 Å². The van der Waals surface area contributed by atoms with Crippen molar-refractivity contribution in [3.63, 3.8) is 0 Å². The summed E-state index contributed by atoms with van der Waals surface area (Å²) in [6.45, 7) is 0. The lowest BCUT2D eigenvalue weighted by molar-refractivity contribution is -0.139. The molecule has 1 saturated carbocycles. The highest BCUT2D eigenvalue weighted by molar-refractivity contribution is 5.48. The predicted molar refractivity (Wildman–Crippen MR) is 57.3 cm³/mol. The quantitative estimate of drug-likeness (QED) is 0.772. The van der Waals surface area contributed by atoms with E-state index in [1.54, 1.807) is 0 Å². The van der Waals surface area contributed by atoms with E-state index in [-0.39, 0.29) is 6.04 Å². The van der Waals surface area contributed by atoms with E-state index in [0.29, 0.717) is 5.69 Å². The monoisotopic (exact) mass is 247 g/mol. The van der Waals surface area contributed by atoms with Crippen molar-refractivity contribution in [2.75, 3.05) is 5.32 Å². The minimum atomic E-state index is -4.64. The molecule has 0 aromatic heterocycles. The van der Waals surface area contributed by atoms with Gasteiger partial charge in [0.1, 0.15) is 5.82 Å². The van der Waals surface area contributed by atoms with Crippen molar-refractivity contribution in [3.05, 3.63) is 29.6 Å². The highest BCUT2D eigenvalue weighted by Gasteiger charge is 2.34. The molecular formula is C12H13F4N. The molecule has 0 spiro atoms. The number of benzene rings is 1. The Hall–Kier alpha value is -1.26. The molecule has 1 aliphatic rings. The molecule has 0 amide bonds. The fraction of sp³-hybridized carbons (Fsp3) is 0.500. The number of nitrogens with one attached hydrogen (secondary N) is 1. The van der Waals surface area contributed by atoms with Crippen LogP contribution < -0.4 is 5.32 Å². The first kappa shape index (κ1) is 12.2. The lowest BCUT2D eigenvalue weighted by atomic mass is 10.1. The van der Waals surface area contributed by atoms with Crippen molar-refractivity contribution in [2.45, 2.75) is 37.9 Å². The summed E-state index contributed by atoms with van der Waals surface area (Å²) in [4.78, 5) is 0. The maximum atomic E-state index is 13.0. The molecule has 1 N–H and O–H groups in total. The minimum Gasteiger partial charge on any atom is -0.382 e. The van der Waals surface area contributed by atoms with Crippen molar-refractivity contribution in [2.24, 2.45) is 0 Å². The topological polar surface area (TPSA) is 12.0 Å². The summed E-state index contributed by atoms with van der Waals surface area (Å²) in [5, 5.41) is 3.01. The first-order chi connectivity index (χ1) is 7.97. The summed E-state index contributed by atoms with van der Waals surface area (Å²) >= 11 is 0. The van der Waals surface area contributed by atoms with Crippen molar-refractivity contribution in [3.8, 4) is 0 Å². The molecule has 0 bridgehead atoms. The van der Waals surface area contributed by atoms with Gasteiger partial charge in [-0.2, -0.15) is 13.2 Å². The zero-order chi connectivity index (χ0) is 12.5. The molecule has 0 atom stereocenters. The number of anilines is 1. The molecule has 0 radical (unpaired) electrons. The lowest BCUT2D eigenvalue weighted by Gasteiger charge is -2.15. The molecule has 1 aliphatic carbocycles. The van der Waals surface area contributed by atoms with E-state index in [1.807, 2.05) is 0 Å². The van der Waals surface area contributed by atoms with E-state index >= 15 is 0 Å². The molecule has 0 heterocycles. The molecule has 5 heteroatoms. The standard InChI is InChI=1S/C12H13F4N/c13-11-6-5-9(7-10(11)12(14,15)16)17-8-3-1-2-4-8/h5-8,17H,1-4H2. The third-order valence-corrected chi connectivity index (χ3v) is 3.00. The van der Waals surface area contributed by atoms with Gasteiger partial charge in [-0.15, -0.1) is 0 Å². The molecule has 0 aliphatic heterocycles. The van der Waals surface area contributed by atoms with E-state index in [1.165, 1.54) is 6.07 Å². The minimum absolute atomic E-state index is 0.210. The Balaban J connectivity index is 2.18. The largest absolute Gasteiger partial charge is 0.419 e. The summed E-state index contributed by atoms with van der Waals surface area (Å²) in [5.41, 5.74) is -0.869. The molecule has 1 nitrogen and oxygen atoms in total. The molecule has 0 saturated heterocycles. The fourth-order valence-corrected chi connectivity index (χ4v) is 2.14. The first-order valence-corrected chi connectivity index (χ1v) is 5.60. The van der Waals surface area contributed by atoms with Crippen molar-refractivity contribution in [1.82, 2.24) is 0 Å². The summed E-state index contributed by atoms with van der Waals surface area (Å²) in [7, 11) is 0. The van der Waals surface area contributed by atoms with Gasteiger partial charge in [0, 0.05) is 11.7 Å². The summed E-state index contributed by atoms with van der Waals surface area (Å²) in [5.74, 6) is -1.23. The fourth-order valence-electron chi connectivity index (χ4n) is 2.14. The maximum absolute atomic E-state index is 13.0. The molecule has 1 aromatic rings. The lowest BCUT2D eigenvalue weighted by Crippen LogP contribution is -2.16. The highest BCUT2D eigenvalue weighted by Crippen LogP contribution is 2.33. The van der Waals surface area contributed by atoms with Crippen LogP contribution in [0.25, 0.3) is 0 Å². The van der Waals surface area contributed by atoms with Crippen molar-refractivity contribution < 1.29 is 17.6 Å². The van der Waals surface area contributed by atoms with E-state index in [2.05, 4.69) is 5.32 Å². The number of rotatable bonds is 2. The average molecular weight is 247 g/mol. The van der Waals surface area contributed by atoms with Gasteiger partial charge in [-0.1, -0.05) is 12.8 Å². The molecule has 0 unspecified atom stereocenters. The van der Waals surface area contributed by atoms with Gasteiger partial charge in [0.2, 0.25) is 0 Å². The second-order valence-electron chi connectivity index (χ2n) is 4.32. The van der Waals surface area contributed by atoms with E-state index in [4.69, 9.17) is 0 Å². The Morgan fingerprint density at radius 2 is 1.76 bits per heavy atom. The van der Waals surface area contributed by atoms with Gasteiger partial charge in [0.15, 0.2) is 0 Å². The van der Waals surface area contributed by atoms with Gasteiger partial charge in [0.05, 0.1) is 5.56 Å². The van der Waals surface area contributed by atoms with Crippen LogP contribution in [0, 0.1) is 5.82 Å². The number of hydrogen-bond donors (Lipinski definition) is 1. The van der Waals surface area contributed by atoms with Gasteiger partial charge < -0.3 is 5.32 Å².